The summed E-state index contributed by atoms with van der Waals surface area (Å²) in [6.07, 6.45) is 0.887. The van der Waals surface area contributed by atoms with Crippen LogP contribution in [0.3, 0.4) is 0 Å². The minimum atomic E-state index is -5.40. The topological polar surface area (TPSA) is 37.3 Å². The number of hydrogen-bond acceptors (Lipinski definition) is 1. The number of benzene rings is 1. The zero-order valence-electron chi connectivity index (χ0n) is 16.0. The van der Waals surface area contributed by atoms with Crippen molar-refractivity contribution in [2.75, 3.05) is 0 Å². The van der Waals surface area contributed by atoms with Gasteiger partial charge in [0.1, 0.15) is 7.38 Å². The molecule has 160 valence electrons. The summed E-state index contributed by atoms with van der Waals surface area (Å²) < 4.78 is 72.2. The first-order valence-electron chi connectivity index (χ1n) is 9.18. The van der Waals surface area contributed by atoms with E-state index >= 15 is 0 Å². The normalized spacial score (nSPS) is 15.3. The third-order valence-electron chi connectivity index (χ3n) is 4.62. The molecule has 0 amide bonds. The van der Waals surface area contributed by atoms with E-state index in [-0.39, 0.29) is 12.8 Å². The van der Waals surface area contributed by atoms with Crippen molar-refractivity contribution in [2.24, 2.45) is 0 Å². The van der Waals surface area contributed by atoms with E-state index in [1.54, 1.807) is 0 Å². The highest BCUT2D eigenvalue weighted by atomic mass is 35.6. The van der Waals surface area contributed by atoms with Crippen LogP contribution < -0.4 is 0 Å². The molecule has 0 aliphatic carbocycles. The molecule has 0 fully saturated rings. The lowest BCUT2D eigenvalue weighted by molar-refractivity contribution is -0.277. The quantitative estimate of drug-likeness (QED) is 0.163. The van der Waals surface area contributed by atoms with Crippen molar-refractivity contribution in [1.29, 1.82) is 0 Å². The molecule has 1 atom stereocenters. The molecule has 0 aliphatic rings. The van der Waals surface area contributed by atoms with Crippen molar-refractivity contribution in [3.8, 4) is 0 Å². The summed E-state index contributed by atoms with van der Waals surface area (Å²) in [6.45, 7) is 3.99. The van der Waals surface area contributed by atoms with Gasteiger partial charge in [-0.3, -0.25) is 0 Å². The van der Waals surface area contributed by atoms with Crippen LogP contribution in [0.25, 0.3) is 0 Å². The van der Waals surface area contributed by atoms with E-state index in [9.17, 15) is 26.7 Å². The van der Waals surface area contributed by atoms with Gasteiger partial charge in [0.25, 0.3) is 0 Å². The SMILES string of the molecule is C[Si](C)(Cl)CCCCCCCC(F)(F)C(F)(F)C(F)(C(=O)O)c1ccccc1. The van der Waals surface area contributed by atoms with Crippen molar-refractivity contribution in [3.05, 3.63) is 35.9 Å². The molecular weight excluding hydrogens is 419 g/mol. The molecule has 9 heteroatoms. The Morgan fingerprint density at radius 2 is 1.46 bits per heavy atom. The molecule has 0 aliphatic heterocycles. The second kappa shape index (κ2) is 9.56. The molecule has 0 aromatic heterocycles. The average Bonchev–Trinajstić information content (AvgIpc) is 2.59. The number of alkyl halides is 5. The Bertz CT molecular complexity index is 637. The van der Waals surface area contributed by atoms with Crippen LogP contribution in [0.15, 0.2) is 30.3 Å². The fourth-order valence-corrected chi connectivity index (χ4v) is 4.43. The molecule has 1 aromatic rings. The lowest BCUT2D eigenvalue weighted by Crippen LogP contribution is -2.58. The van der Waals surface area contributed by atoms with E-state index in [0.29, 0.717) is 6.42 Å². The van der Waals surface area contributed by atoms with Crippen molar-refractivity contribution >= 4 is 24.4 Å². The fraction of sp³-hybridized carbons (Fsp3) is 0.632. The third-order valence-corrected chi connectivity index (χ3v) is 6.73. The second-order valence-corrected chi connectivity index (χ2v) is 14.6. The monoisotopic (exact) mass is 444 g/mol. The first-order valence-corrected chi connectivity index (χ1v) is 13.4. The Balaban J connectivity index is 2.75. The van der Waals surface area contributed by atoms with Gasteiger partial charge in [0.15, 0.2) is 0 Å². The summed E-state index contributed by atoms with van der Waals surface area (Å²) in [4.78, 5) is 11.2. The van der Waals surface area contributed by atoms with E-state index < -0.39 is 42.9 Å². The summed E-state index contributed by atoms with van der Waals surface area (Å²) in [7, 11) is -1.69. The van der Waals surface area contributed by atoms with Crippen LogP contribution in [-0.4, -0.2) is 30.3 Å². The molecule has 1 aromatic carbocycles. The number of carboxylic acid groups (broad SMARTS) is 1. The van der Waals surface area contributed by atoms with Crippen LogP contribution in [0.5, 0.6) is 0 Å². The molecule has 1 N–H and O–H groups in total. The summed E-state index contributed by atoms with van der Waals surface area (Å²) >= 11 is 6.17. The van der Waals surface area contributed by atoms with Crippen LogP contribution in [0.4, 0.5) is 22.0 Å². The predicted molar refractivity (Wildman–Crippen MR) is 103 cm³/mol. The lowest BCUT2D eigenvalue weighted by atomic mass is 9.84. The van der Waals surface area contributed by atoms with Crippen molar-refractivity contribution in [2.45, 2.75) is 75.2 Å². The summed E-state index contributed by atoms with van der Waals surface area (Å²) in [5, 5.41) is 9.02. The number of halogens is 6. The molecule has 0 bridgehead atoms. The lowest BCUT2D eigenvalue weighted by Gasteiger charge is -2.35. The minimum Gasteiger partial charge on any atom is -0.478 e. The van der Waals surface area contributed by atoms with E-state index in [4.69, 9.17) is 16.2 Å². The van der Waals surface area contributed by atoms with E-state index in [1.165, 1.54) is 6.07 Å². The van der Waals surface area contributed by atoms with Gasteiger partial charge in [0.05, 0.1) is 0 Å². The van der Waals surface area contributed by atoms with Crippen molar-refractivity contribution in [1.82, 2.24) is 0 Å². The Kier molecular flexibility index (Phi) is 8.50. The molecule has 28 heavy (non-hydrogen) atoms. The molecule has 0 radical (unpaired) electrons. The number of carboxylic acids is 1. The molecule has 0 saturated carbocycles. The van der Waals surface area contributed by atoms with Crippen molar-refractivity contribution < 1.29 is 31.9 Å². The Hall–Kier alpha value is -1.15. The number of carbonyl (C=O) groups is 1. The zero-order valence-corrected chi connectivity index (χ0v) is 17.7. The molecule has 0 spiro atoms. The standard InChI is InChI=1S/C19H26ClF5O2Si/c1-28(2,20)14-10-5-3-4-9-13-17(21,22)19(24,25)18(23,16(26)27)15-11-7-6-8-12-15/h6-8,11-12H,3-5,9-10,13-14H2,1-2H3,(H,26,27). The smallest absolute Gasteiger partial charge is 0.358 e. The Morgan fingerprint density at radius 1 is 0.964 bits per heavy atom. The van der Waals surface area contributed by atoms with Crippen LogP contribution >= 0.6 is 11.1 Å². The predicted octanol–water partition coefficient (Wildman–Crippen LogP) is 6.99. The highest BCUT2D eigenvalue weighted by Gasteiger charge is 2.73. The van der Waals surface area contributed by atoms with Crippen LogP contribution in [0.2, 0.25) is 19.1 Å². The van der Waals surface area contributed by atoms with Gasteiger partial charge in [-0.2, -0.15) is 28.6 Å². The molecule has 1 unspecified atom stereocenters. The van der Waals surface area contributed by atoms with Gasteiger partial charge in [-0.05, 0) is 12.5 Å². The fourth-order valence-electron chi connectivity index (χ4n) is 2.94. The summed E-state index contributed by atoms with van der Waals surface area (Å²) in [5.74, 6) is -12.8. The van der Waals surface area contributed by atoms with Crippen LogP contribution in [0.1, 0.15) is 44.1 Å². The van der Waals surface area contributed by atoms with Crippen molar-refractivity contribution in [3.63, 3.8) is 0 Å². The number of unbranched alkanes of at least 4 members (excludes halogenated alkanes) is 4. The third kappa shape index (κ3) is 5.92. The maximum absolute atomic E-state index is 14.9. The first kappa shape index (κ1) is 24.9. The zero-order chi connectivity index (χ0) is 21.6. The number of hydrogen-bond donors (Lipinski definition) is 1. The maximum Gasteiger partial charge on any atom is 0.358 e. The van der Waals surface area contributed by atoms with Crippen LogP contribution in [0, 0.1) is 0 Å². The van der Waals surface area contributed by atoms with Gasteiger partial charge in [-0.1, -0.05) is 69.1 Å². The van der Waals surface area contributed by atoms with Gasteiger partial charge in [-0.15, -0.1) is 0 Å². The van der Waals surface area contributed by atoms with Gasteiger partial charge >= 0.3 is 23.5 Å². The first-order chi connectivity index (χ1) is 12.8. The molecule has 0 heterocycles. The van der Waals surface area contributed by atoms with E-state index in [0.717, 1.165) is 43.2 Å². The summed E-state index contributed by atoms with van der Waals surface area (Å²) in [6, 6.07) is 5.98. The highest BCUT2D eigenvalue weighted by Crippen LogP contribution is 2.52. The molecule has 2 nitrogen and oxygen atoms in total. The van der Waals surface area contributed by atoms with Gasteiger partial charge in [0, 0.05) is 12.0 Å². The van der Waals surface area contributed by atoms with Gasteiger partial charge < -0.3 is 5.11 Å². The van der Waals surface area contributed by atoms with E-state index in [2.05, 4.69) is 0 Å². The van der Waals surface area contributed by atoms with Gasteiger partial charge in [-0.25, -0.2) is 9.18 Å². The highest BCUT2D eigenvalue weighted by molar-refractivity contribution is 7.19. The Morgan fingerprint density at radius 3 is 1.96 bits per heavy atom. The van der Waals surface area contributed by atoms with Gasteiger partial charge in [0.2, 0.25) is 0 Å². The molecular formula is C19H26ClF5O2Si. The molecule has 0 saturated heterocycles. The minimum absolute atomic E-state index is 0.255. The molecule has 1 rings (SSSR count). The summed E-state index contributed by atoms with van der Waals surface area (Å²) in [5.41, 5.74) is -5.53. The number of rotatable bonds is 12. The maximum atomic E-state index is 14.9. The Labute approximate surface area is 167 Å². The second-order valence-electron chi connectivity index (χ2n) is 7.59. The van der Waals surface area contributed by atoms with Crippen LogP contribution in [-0.2, 0) is 10.5 Å². The van der Waals surface area contributed by atoms with E-state index in [1.807, 2.05) is 13.1 Å². The number of aliphatic carboxylic acids is 1. The average molecular weight is 445 g/mol. The largest absolute Gasteiger partial charge is 0.478 e.